The number of rotatable bonds is 8. The first-order valence-electron chi connectivity index (χ1n) is 16.4. The zero-order valence-corrected chi connectivity index (χ0v) is 29.5. The summed E-state index contributed by atoms with van der Waals surface area (Å²) in [4.78, 5) is 70.0. The van der Waals surface area contributed by atoms with Gasteiger partial charge >= 0.3 is 17.8 Å². The highest BCUT2D eigenvalue weighted by molar-refractivity contribution is 6.33. The van der Waals surface area contributed by atoms with E-state index in [1.54, 1.807) is 43.7 Å². The molecule has 0 radical (unpaired) electrons. The molecule has 50 heavy (non-hydrogen) atoms. The lowest BCUT2D eigenvalue weighted by Crippen LogP contribution is -2.51. The first-order valence-corrected chi connectivity index (χ1v) is 16.8. The van der Waals surface area contributed by atoms with Crippen molar-refractivity contribution in [3.8, 4) is 16.9 Å². The number of benzene rings is 2. The Hall–Kier alpha value is -4.85. The number of alkyl carbamates (subject to hydrolysis) is 1. The highest BCUT2D eigenvalue weighted by Crippen LogP contribution is 2.29. The lowest BCUT2D eigenvalue weighted by molar-refractivity contribution is -0.133. The molecule has 4 amide bonds. The smallest absolute Gasteiger partial charge is 0.407 e. The minimum atomic E-state index is -0.947. The number of hydrogen-bond acceptors (Lipinski definition) is 7. The molecule has 0 saturated carbocycles. The molecular weight excluding hydrogens is 671 g/mol. The standard InChI is InChI=1S/C35H42ClFN6O7/c1-21(20-50-33(47)39-35(2,3)4)43-31(45)26(25-7-6-8-27(37)30(25)36)18-41(34(43)48)19-29(44)40-14-12-23(13-15-40)42-16-11-22-17-24(49-5)9-10-28(22)38-32(42)46/h6-10,17-18,21,23H,11-16,19-20H2,1-5H3,(H,38,46)(H,39,47)/t21-/m0/s1. The number of likely N-dealkylation sites (tertiary alicyclic amines) is 1. The molecule has 3 heterocycles. The van der Waals surface area contributed by atoms with Crippen LogP contribution in [0, 0.1) is 5.82 Å². The van der Waals surface area contributed by atoms with Crippen LogP contribution in [-0.2, 0) is 22.5 Å². The van der Waals surface area contributed by atoms with E-state index in [0.29, 0.717) is 44.6 Å². The van der Waals surface area contributed by atoms with Crippen molar-refractivity contribution >= 4 is 35.3 Å². The molecule has 0 unspecified atom stereocenters. The Morgan fingerprint density at radius 2 is 1.80 bits per heavy atom. The van der Waals surface area contributed by atoms with Crippen LogP contribution in [0.25, 0.3) is 11.1 Å². The third-order valence-corrected chi connectivity index (χ3v) is 9.19. The lowest BCUT2D eigenvalue weighted by atomic mass is 10.0. The van der Waals surface area contributed by atoms with Gasteiger partial charge in [0, 0.05) is 48.7 Å². The summed E-state index contributed by atoms with van der Waals surface area (Å²) >= 11 is 6.25. The second-order valence-electron chi connectivity index (χ2n) is 13.6. The average molecular weight is 713 g/mol. The molecule has 2 N–H and O–H groups in total. The summed E-state index contributed by atoms with van der Waals surface area (Å²) < 4.78 is 27.1. The van der Waals surface area contributed by atoms with E-state index in [-0.39, 0.29) is 40.7 Å². The summed E-state index contributed by atoms with van der Waals surface area (Å²) in [5, 5.41) is 5.32. The summed E-state index contributed by atoms with van der Waals surface area (Å²) in [6.45, 7) is 7.29. The number of piperidine rings is 1. The molecule has 0 spiro atoms. The largest absolute Gasteiger partial charge is 0.497 e. The minimum absolute atomic E-state index is 0.0438. The fraction of sp³-hybridized carbons (Fsp3) is 0.457. The fourth-order valence-corrected chi connectivity index (χ4v) is 6.44. The number of amides is 4. The molecule has 1 fully saturated rings. The zero-order valence-electron chi connectivity index (χ0n) is 28.8. The number of nitrogens with zero attached hydrogens (tertiary/aromatic N) is 4. The van der Waals surface area contributed by atoms with E-state index in [1.807, 2.05) is 12.1 Å². The molecule has 5 rings (SSSR count). The van der Waals surface area contributed by atoms with Gasteiger partial charge in [-0.1, -0.05) is 23.7 Å². The zero-order chi connectivity index (χ0) is 36.3. The van der Waals surface area contributed by atoms with Crippen molar-refractivity contribution in [3.05, 3.63) is 79.8 Å². The number of nitrogens with one attached hydrogen (secondary N) is 2. The van der Waals surface area contributed by atoms with Crippen molar-refractivity contribution in [1.29, 1.82) is 0 Å². The van der Waals surface area contributed by atoms with E-state index in [2.05, 4.69) is 10.6 Å². The van der Waals surface area contributed by atoms with Crippen molar-refractivity contribution in [3.63, 3.8) is 0 Å². The van der Waals surface area contributed by atoms with E-state index in [1.165, 1.54) is 25.3 Å². The Bertz CT molecular complexity index is 1900. The van der Waals surface area contributed by atoms with Crippen LogP contribution in [-0.4, -0.2) is 81.9 Å². The van der Waals surface area contributed by atoms with Crippen LogP contribution in [0.1, 0.15) is 52.1 Å². The SMILES string of the molecule is COc1ccc2c(c1)CCN(C1CCN(C(=O)Cn3cc(-c4cccc(F)c4Cl)c(=O)n([C@@H](C)COC(=O)NC(C)(C)C)c3=O)CC1)C(=O)N2. The number of aromatic nitrogens is 2. The number of fused-ring (bicyclic) bond motifs is 1. The number of ether oxygens (including phenoxy) is 2. The van der Waals surface area contributed by atoms with Crippen molar-refractivity contribution in [1.82, 2.24) is 24.3 Å². The molecule has 0 bridgehead atoms. The Balaban J connectivity index is 1.33. The van der Waals surface area contributed by atoms with Gasteiger partial charge in [-0.3, -0.25) is 18.7 Å². The van der Waals surface area contributed by atoms with Gasteiger partial charge in [0.2, 0.25) is 5.91 Å². The molecule has 268 valence electrons. The molecule has 2 aromatic carbocycles. The highest BCUT2D eigenvalue weighted by Gasteiger charge is 2.32. The number of carbonyl (C=O) groups excluding carboxylic acids is 3. The van der Waals surface area contributed by atoms with Gasteiger partial charge in [0.1, 0.15) is 24.7 Å². The second-order valence-corrected chi connectivity index (χ2v) is 13.9. The predicted octanol–water partition coefficient (Wildman–Crippen LogP) is 4.65. The van der Waals surface area contributed by atoms with Gasteiger partial charge < -0.3 is 29.9 Å². The lowest BCUT2D eigenvalue weighted by Gasteiger charge is -2.38. The number of carbonyl (C=O) groups is 3. The van der Waals surface area contributed by atoms with E-state index < -0.39 is 41.3 Å². The van der Waals surface area contributed by atoms with Gasteiger partial charge in [0.15, 0.2) is 0 Å². The second kappa shape index (κ2) is 15.0. The quantitative estimate of drug-likeness (QED) is 0.346. The summed E-state index contributed by atoms with van der Waals surface area (Å²) in [7, 11) is 1.59. The third kappa shape index (κ3) is 8.12. The predicted molar refractivity (Wildman–Crippen MR) is 186 cm³/mol. The van der Waals surface area contributed by atoms with Crippen molar-refractivity contribution < 1.29 is 28.2 Å². The summed E-state index contributed by atoms with van der Waals surface area (Å²) in [6.07, 6.45) is 2.18. The maximum Gasteiger partial charge on any atom is 0.407 e. The number of halogens is 2. The molecule has 1 aromatic heterocycles. The maximum absolute atomic E-state index is 14.5. The molecule has 15 heteroatoms. The van der Waals surface area contributed by atoms with Crippen LogP contribution in [0.3, 0.4) is 0 Å². The first-order chi connectivity index (χ1) is 23.7. The summed E-state index contributed by atoms with van der Waals surface area (Å²) in [5.41, 5.74) is -0.500. The van der Waals surface area contributed by atoms with Gasteiger partial charge in [0.25, 0.3) is 5.56 Å². The number of anilines is 1. The average Bonchev–Trinajstić information content (AvgIpc) is 3.23. The molecule has 2 aliphatic rings. The number of urea groups is 1. The van der Waals surface area contributed by atoms with Crippen LogP contribution < -0.4 is 26.6 Å². The van der Waals surface area contributed by atoms with Crippen LogP contribution in [0.2, 0.25) is 5.02 Å². The van der Waals surface area contributed by atoms with Gasteiger partial charge in [-0.15, -0.1) is 0 Å². The van der Waals surface area contributed by atoms with Gasteiger partial charge in [0.05, 0.1) is 23.7 Å². The molecule has 1 saturated heterocycles. The van der Waals surface area contributed by atoms with Crippen LogP contribution >= 0.6 is 11.6 Å². The Kier molecular flexibility index (Phi) is 10.9. The van der Waals surface area contributed by atoms with E-state index >= 15 is 0 Å². The Labute approximate surface area is 293 Å². The fourth-order valence-electron chi connectivity index (χ4n) is 6.21. The minimum Gasteiger partial charge on any atom is -0.497 e. The van der Waals surface area contributed by atoms with Gasteiger partial charge in [-0.25, -0.2) is 18.8 Å². The van der Waals surface area contributed by atoms with Crippen LogP contribution in [0.4, 0.5) is 19.7 Å². The van der Waals surface area contributed by atoms with Gasteiger partial charge in [-0.05, 0) is 76.8 Å². The molecule has 3 aromatic rings. The molecule has 13 nitrogen and oxygen atoms in total. The summed E-state index contributed by atoms with van der Waals surface area (Å²) in [5.74, 6) is -0.422. The third-order valence-electron chi connectivity index (χ3n) is 8.80. The topological polar surface area (TPSA) is 144 Å². The maximum atomic E-state index is 14.5. The number of methoxy groups -OCH3 is 1. The van der Waals surface area contributed by atoms with Crippen molar-refractivity contribution in [2.45, 2.75) is 71.1 Å². The Morgan fingerprint density at radius 3 is 2.48 bits per heavy atom. The normalized spacial score (nSPS) is 15.9. The molecule has 1 atom stereocenters. The molecule has 0 aliphatic carbocycles. The van der Waals surface area contributed by atoms with E-state index in [9.17, 15) is 28.4 Å². The van der Waals surface area contributed by atoms with Crippen LogP contribution in [0.15, 0.2) is 52.2 Å². The van der Waals surface area contributed by atoms with E-state index in [4.69, 9.17) is 21.1 Å². The first kappa shape index (κ1) is 36.4. The van der Waals surface area contributed by atoms with Gasteiger partial charge in [-0.2, -0.15) is 0 Å². The van der Waals surface area contributed by atoms with Crippen molar-refractivity contribution in [2.75, 3.05) is 38.7 Å². The number of hydrogen-bond donors (Lipinski definition) is 2. The molecular formula is C35H42ClFN6O7. The van der Waals surface area contributed by atoms with Crippen molar-refractivity contribution in [2.24, 2.45) is 0 Å². The highest BCUT2D eigenvalue weighted by atomic mass is 35.5. The van der Waals surface area contributed by atoms with E-state index in [0.717, 1.165) is 26.5 Å². The monoisotopic (exact) mass is 712 g/mol. The summed E-state index contributed by atoms with van der Waals surface area (Å²) in [6, 6.07) is 8.26. The van der Waals surface area contributed by atoms with Crippen LogP contribution in [0.5, 0.6) is 5.75 Å². The molecule has 2 aliphatic heterocycles. The Morgan fingerprint density at radius 1 is 1.08 bits per heavy atom.